The Hall–Kier alpha value is -4.24. The fourth-order valence-corrected chi connectivity index (χ4v) is 3.38. The van der Waals surface area contributed by atoms with Gasteiger partial charge in [0.1, 0.15) is 11.6 Å². The second-order valence-corrected chi connectivity index (χ2v) is 7.43. The van der Waals surface area contributed by atoms with E-state index >= 15 is 0 Å². The first kappa shape index (κ1) is 20.0. The summed E-state index contributed by atoms with van der Waals surface area (Å²) in [6.07, 6.45) is 4.59. The van der Waals surface area contributed by atoms with E-state index in [-0.39, 0.29) is 11.5 Å². The van der Waals surface area contributed by atoms with Gasteiger partial charge in [0.25, 0.3) is 0 Å². The number of nitrogens with zero attached hydrogens (tertiary/aromatic N) is 4. The Labute approximate surface area is 180 Å². The molecule has 0 aliphatic rings. The van der Waals surface area contributed by atoms with Crippen LogP contribution in [0.2, 0.25) is 0 Å². The molecule has 152 valence electrons. The molecule has 0 spiro atoms. The maximum Gasteiger partial charge on any atom is 0.249 e. The minimum absolute atomic E-state index is 0.265. The number of pyridine rings is 1. The summed E-state index contributed by atoms with van der Waals surface area (Å²) in [6.45, 7) is 6.01. The lowest BCUT2D eigenvalue weighted by Crippen LogP contribution is -2.14. The normalized spacial score (nSPS) is 11.0. The Balaban J connectivity index is 1.69. The summed E-state index contributed by atoms with van der Waals surface area (Å²) in [5.41, 5.74) is 5.27. The number of aromatic nitrogens is 3. The van der Waals surface area contributed by atoms with E-state index in [9.17, 15) is 10.1 Å². The quantitative estimate of drug-likeness (QED) is 0.489. The van der Waals surface area contributed by atoms with Crippen LogP contribution in [0.1, 0.15) is 27.8 Å². The van der Waals surface area contributed by atoms with Gasteiger partial charge in [-0.25, -0.2) is 4.98 Å². The molecule has 0 aliphatic carbocycles. The molecule has 0 saturated heterocycles. The van der Waals surface area contributed by atoms with Crippen LogP contribution in [-0.4, -0.2) is 20.7 Å². The molecule has 6 nitrogen and oxygen atoms in total. The molecule has 0 unspecified atom stereocenters. The summed E-state index contributed by atoms with van der Waals surface area (Å²) >= 11 is 0. The number of nitriles is 1. The van der Waals surface area contributed by atoms with Gasteiger partial charge in [-0.3, -0.25) is 4.79 Å². The fourth-order valence-electron chi connectivity index (χ4n) is 3.38. The van der Waals surface area contributed by atoms with Crippen molar-refractivity contribution in [2.75, 3.05) is 5.32 Å². The molecule has 0 bridgehead atoms. The van der Waals surface area contributed by atoms with Gasteiger partial charge in [-0.2, -0.15) is 15.0 Å². The van der Waals surface area contributed by atoms with Gasteiger partial charge in [-0.05, 0) is 49.6 Å². The molecule has 31 heavy (non-hydrogen) atoms. The topological polar surface area (TPSA) is 83.6 Å². The van der Waals surface area contributed by atoms with Crippen molar-refractivity contribution in [3.05, 3.63) is 88.6 Å². The second kappa shape index (κ2) is 8.25. The number of para-hydroxylation sites is 1. The average Bonchev–Trinajstić information content (AvgIpc) is 3.16. The lowest BCUT2D eigenvalue weighted by molar-refractivity contribution is -0.111. The van der Waals surface area contributed by atoms with Crippen molar-refractivity contribution in [2.24, 2.45) is 0 Å². The number of aryl methyl sites for hydroxylation is 3. The molecule has 2 aromatic heterocycles. The molecule has 0 fully saturated rings. The number of nitrogens with one attached hydrogen (secondary N) is 1. The highest BCUT2D eigenvalue weighted by molar-refractivity contribution is 6.02. The van der Waals surface area contributed by atoms with E-state index in [1.807, 2.05) is 69.3 Å². The molecular weight excluding hydrogens is 386 g/mol. The highest BCUT2D eigenvalue weighted by Gasteiger charge is 2.16. The molecule has 0 radical (unpaired) electrons. The van der Waals surface area contributed by atoms with E-state index < -0.39 is 0 Å². The molecule has 1 amide bonds. The Kier molecular flexibility index (Phi) is 5.33. The predicted octanol–water partition coefficient (Wildman–Crippen LogP) is 4.87. The predicted molar refractivity (Wildman–Crippen MR) is 122 cm³/mol. The van der Waals surface area contributed by atoms with Crippen molar-refractivity contribution < 1.29 is 4.79 Å². The largest absolute Gasteiger partial charge is 0.306 e. The van der Waals surface area contributed by atoms with Crippen LogP contribution in [0.3, 0.4) is 0 Å². The highest BCUT2D eigenvalue weighted by Crippen LogP contribution is 2.25. The van der Waals surface area contributed by atoms with E-state index in [2.05, 4.69) is 16.5 Å². The summed E-state index contributed by atoms with van der Waals surface area (Å²) < 4.78 is 1.50. The Bertz CT molecular complexity index is 1360. The van der Waals surface area contributed by atoms with Crippen LogP contribution in [-0.2, 0) is 4.79 Å². The van der Waals surface area contributed by atoms with Gasteiger partial charge in [0.05, 0.1) is 11.7 Å². The number of hydrogen-bond acceptors (Lipinski definition) is 4. The first-order valence-corrected chi connectivity index (χ1v) is 9.87. The molecule has 0 aliphatic heterocycles. The zero-order valence-corrected chi connectivity index (χ0v) is 17.5. The van der Waals surface area contributed by atoms with Crippen LogP contribution in [0.4, 0.5) is 5.82 Å². The Morgan fingerprint density at radius 1 is 1.10 bits per heavy atom. The molecule has 6 heteroatoms. The van der Waals surface area contributed by atoms with Gasteiger partial charge in [0, 0.05) is 11.5 Å². The SMILES string of the molecule is Cc1ccc(/C=C/C(=O)Nc2c(C#N)cnn2-c2cc(C)c3cccc(C)c3n2)cc1. The molecule has 4 aromatic rings. The van der Waals surface area contributed by atoms with Crippen LogP contribution in [0.25, 0.3) is 22.8 Å². The van der Waals surface area contributed by atoms with Gasteiger partial charge in [0.2, 0.25) is 5.91 Å². The summed E-state index contributed by atoms with van der Waals surface area (Å²) in [7, 11) is 0. The standard InChI is InChI=1S/C25H21N5O/c1-16-7-9-19(10-8-16)11-12-23(31)29-25-20(14-26)15-27-30(25)22-13-18(3)21-6-4-5-17(2)24(21)28-22/h4-13,15H,1-3H3,(H,29,31)/b12-11+. The number of hydrogen-bond donors (Lipinski definition) is 1. The van der Waals surface area contributed by atoms with E-state index in [1.54, 1.807) is 6.08 Å². The molecular formula is C25H21N5O. The lowest BCUT2D eigenvalue weighted by atomic mass is 10.1. The number of anilines is 1. The van der Waals surface area contributed by atoms with Gasteiger partial charge in [0.15, 0.2) is 11.6 Å². The van der Waals surface area contributed by atoms with Crippen LogP contribution in [0.15, 0.2) is 60.8 Å². The number of rotatable bonds is 4. The van der Waals surface area contributed by atoms with Crippen molar-refractivity contribution >= 4 is 28.7 Å². The zero-order valence-electron chi connectivity index (χ0n) is 17.5. The first-order valence-electron chi connectivity index (χ1n) is 9.87. The maximum atomic E-state index is 12.6. The van der Waals surface area contributed by atoms with E-state index in [0.29, 0.717) is 11.6 Å². The minimum Gasteiger partial charge on any atom is -0.306 e. The van der Waals surface area contributed by atoms with Crippen molar-refractivity contribution in [2.45, 2.75) is 20.8 Å². The second-order valence-electron chi connectivity index (χ2n) is 7.43. The molecule has 2 heterocycles. The molecule has 2 aromatic carbocycles. The number of fused-ring (bicyclic) bond motifs is 1. The van der Waals surface area contributed by atoms with Crippen molar-refractivity contribution in [1.82, 2.24) is 14.8 Å². The number of benzene rings is 2. The van der Waals surface area contributed by atoms with E-state index in [4.69, 9.17) is 4.98 Å². The van der Waals surface area contributed by atoms with Gasteiger partial charge in [-0.1, -0.05) is 48.0 Å². The fraction of sp³-hybridized carbons (Fsp3) is 0.120. The average molecular weight is 407 g/mol. The third-order valence-electron chi connectivity index (χ3n) is 5.09. The van der Waals surface area contributed by atoms with E-state index in [1.165, 1.54) is 17.0 Å². The molecule has 4 rings (SSSR count). The summed E-state index contributed by atoms with van der Waals surface area (Å²) in [5.74, 6) is 0.479. The molecule has 0 saturated carbocycles. The van der Waals surface area contributed by atoms with Gasteiger partial charge < -0.3 is 5.32 Å². The number of amides is 1. The first-order chi connectivity index (χ1) is 15.0. The number of carbonyl (C=O) groups is 1. The monoisotopic (exact) mass is 407 g/mol. The van der Waals surface area contributed by atoms with Crippen LogP contribution < -0.4 is 5.32 Å². The summed E-state index contributed by atoms with van der Waals surface area (Å²) in [4.78, 5) is 17.3. The Morgan fingerprint density at radius 3 is 2.61 bits per heavy atom. The minimum atomic E-state index is -0.354. The van der Waals surface area contributed by atoms with Crippen LogP contribution in [0.5, 0.6) is 0 Å². The van der Waals surface area contributed by atoms with Crippen molar-refractivity contribution in [1.29, 1.82) is 5.26 Å². The smallest absolute Gasteiger partial charge is 0.249 e. The lowest BCUT2D eigenvalue weighted by Gasteiger charge is -2.11. The molecule has 1 N–H and O–H groups in total. The maximum absolute atomic E-state index is 12.6. The third-order valence-corrected chi connectivity index (χ3v) is 5.09. The van der Waals surface area contributed by atoms with Gasteiger partial charge in [-0.15, -0.1) is 0 Å². The van der Waals surface area contributed by atoms with Gasteiger partial charge >= 0.3 is 0 Å². The summed E-state index contributed by atoms with van der Waals surface area (Å²) in [5, 5.41) is 17.7. The summed E-state index contributed by atoms with van der Waals surface area (Å²) in [6, 6.07) is 17.8. The zero-order chi connectivity index (χ0) is 22.0. The van der Waals surface area contributed by atoms with E-state index in [0.717, 1.165) is 33.2 Å². The Morgan fingerprint density at radius 2 is 1.87 bits per heavy atom. The molecule has 0 atom stereocenters. The number of carbonyl (C=O) groups excluding carboxylic acids is 1. The van der Waals surface area contributed by atoms with Crippen molar-refractivity contribution in [3.63, 3.8) is 0 Å². The van der Waals surface area contributed by atoms with Crippen molar-refractivity contribution in [3.8, 4) is 11.9 Å². The van der Waals surface area contributed by atoms with Crippen LogP contribution in [0, 0.1) is 32.1 Å². The third kappa shape index (κ3) is 4.07. The highest BCUT2D eigenvalue weighted by atomic mass is 16.1. The van der Waals surface area contributed by atoms with Crippen LogP contribution >= 0.6 is 0 Å².